The van der Waals surface area contributed by atoms with Crippen LogP contribution >= 0.6 is 0 Å². The second kappa shape index (κ2) is 3.86. The minimum absolute atomic E-state index is 0. The van der Waals surface area contributed by atoms with Gasteiger partial charge in [-0.25, -0.2) is 0 Å². The molecule has 0 aromatic rings. The van der Waals surface area contributed by atoms with Crippen molar-refractivity contribution >= 4 is 36.3 Å². The van der Waals surface area contributed by atoms with Gasteiger partial charge in [0.1, 0.15) is 0 Å². The van der Waals surface area contributed by atoms with Gasteiger partial charge in [-0.05, 0) is 0 Å². The second-order valence-electron chi connectivity index (χ2n) is 0.651. The van der Waals surface area contributed by atoms with Crippen molar-refractivity contribution in [1.29, 1.82) is 0 Å². The molecule has 0 saturated carbocycles. The van der Waals surface area contributed by atoms with Crippen molar-refractivity contribution in [2.75, 3.05) is 0 Å². The van der Waals surface area contributed by atoms with E-state index in [4.69, 9.17) is 14.4 Å². The van der Waals surface area contributed by atoms with Gasteiger partial charge in [0, 0.05) is 27.3 Å². The van der Waals surface area contributed by atoms with E-state index in [-0.39, 0.29) is 27.3 Å². The molecule has 0 rings (SSSR count). The first-order chi connectivity index (χ1) is 2.56. The molecule has 0 aromatic heterocycles. The first kappa shape index (κ1) is 10.8. The summed E-state index contributed by atoms with van der Waals surface area (Å²) in [6.45, 7) is 0. The Morgan fingerprint density at radius 2 is 1.43 bits per heavy atom. The molecule has 0 bridgehead atoms. The Morgan fingerprint density at radius 1 is 1.29 bits per heavy atom. The third-order valence-electron chi connectivity index (χ3n) is 0.104. The molecule has 3 N–H and O–H groups in total. The molecule has 0 atom stereocenters. The van der Waals surface area contributed by atoms with Gasteiger partial charge in [-0.2, -0.15) is 4.63 Å². The van der Waals surface area contributed by atoms with E-state index in [1.807, 2.05) is 0 Å². The van der Waals surface area contributed by atoms with Crippen LogP contribution in [0.15, 0.2) is 0 Å². The van der Waals surface area contributed by atoms with Crippen molar-refractivity contribution in [3.63, 3.8) is 0 Å². The van der Waals surface area contributed by atoms with Gasteiger partial charge in [0.2, 0.25) is 0 Å². The maximum atomic E-state index is 10.3. The van der Waals surface area contributed by atoms with Crippen LogP contribution in [-0.4, -0.2) is 50.7 Å². The summed E-state index contributed by atoms with van der Waals surface area (Å²) in [5.41, 5.74) is 0. The molecule has 0 aliphatic heterocycles. The molecular formula is H3FO4SiTl. The van der Waals surface area contributed by atoms with Gasteiger partial charge in [-0.15, -0.1) is 0 Å². The molecule has 41 valence electrons. The zero-order valence-corrected chi connectivity index (χ0v) is 8.69. The first-order valence-electron chi connectivity index (χ1n) is 1.03. The summed E-state index contributed by atoms with van der Waals surface area (Å²) in [6.07, 6.45) is 0. The molecule has 0 unspecified atom stereocenters. The van der Waals surface area contributed by atoms with Crippen LogP contribution in [0.4, 0.5) is 4.53 Å². The molecule has 0 heterocycles. The maximum absolute atomic E-state index is 10.3. The van der Waals surface area contributed by atoms with Crippen LogP contribution in [0.3, 0.4) is 0 Å². The van der Waals surface area contributed by atoms with Gasteiger partial charge in [0.25, 0.3) is 0 Å². The molecule has 0 saturated heterocycles. The summed E-state index contributed by atoms with van der Waals surface area (Å²) in [7, 11) is -4.80. The van der Waals surface area contributed by atoms with E-state index in [1.54, 1.807) is 0 Å². The van der Waals surface area contributed by atoms with E-state index in [2.05, 4.69) is 4.63 Å². The standard InChI is InChI=1S/FH3O4Si.Tl/c1-5-6(2,3)4;/h2-4H;. The quantitative estimate of drug-likeness (QED) is 0.486. The van der Waals surface area contributed by atoms with E-state index >= 15 is 0 Å². The van der Waals surface area contributed by atoms with Gasteiger partial charge < -0.3 is 14.4 Å². The fourth-order valence-electron chi connectivity index (χ4n) is 0. The topological polar surface area (TPSA) is 69.9 Å². The molecule has 7 heavy (non-hydrogen) atoms. The minimum atomic E-state index is -4.80. The van der Waals surface area contributed by atoms with Crippen LogP contribution in [0.25, 0.3) is 0 Å². The Hall–Kier alpha value is 0.909. The zero-order chi connectivity index (χ0) is 5.21. The van der Waals surface area contributed by atoms with E-state index in [1.165, 1.54) is 0 Å². The molecule has 1 radical (unpaired) electrons. The molecule has 0 aliphatic carbocycles. The fraction of sp³-hybridized carbons (Fsp3) is 0. The minimum Gasteiger partial charge on any atom is -0.366 e. The van der Waals surface area contributed by atoms with E-state index in [9.17, 15) is 4.53 Å². The molecule has 0 spiro atoms. The van der Waals surface area contributed by atoms with Crippen LogP contribution in [0.1, 0.15) is 0 Å². The normalized spacial score (nSPS) is 10.3. The summed E-state index contributed by atoms with van der Waals surface area (Å²) in [6, 6.07) is 0. The number of halogens is 1. The van der Waals surface area contributed by atoms with Gasteiger partial charge in [-0.3, -0.25) is 0 Å². The van der Waals surface area contributed by atoms with Crippen molar-refractivity contribution in [3.8, 4) is 0 Å². The number of rotatable bonds is 1. The molecule has 7 heteroatoms. The third kappa shape index (κ3) is 10.9. The average Bonchev–Trinajstić information content (AvgIpc) is 1.35. The molecule has 0 aliphatic rings. The summed E-state index contributed by atoms with van der Waals surface area (Å²) < 4.78 is 12.6. The van der Waals surface area contributed by atoms with Crippen molar-refractivity contribution in [2.24, 2.45) is 0 Å². The summed E-state index contributed by atoms with van der Waals surface area (Å²) in [4.78, 5) is 22.4. The van der Waals surface area contributed by atoms with Crippen LogP contribution in [0, 0.1) is 0 Å². The van der Waals surface area contributed by atoms with E-state index in [0.29, 0.717) is 0 Å². The third-order valence-corrected chi connectivity index (χ3v) is 0.311. The Bertz CT molecular complexity index is 41.4. The summed E-state index contributed by atoms with van der Waals surface area (Å²) in [5.74, 6) is 0. The van der Waals surface area contributed by atoms with Crippen LogP contribution < -0.4 is 0 Å². The Labute approximate surface area is 60.1 Å². The largest absolute Gasteiger partial charge is 0.703 e. The van der Waals surface area contributed by atoms with Crippen molar-refractivity contribution < 1.29 is 23.5 Å². The number of hydrogen-bond acceptors (Lipinski definition) is 4. The van der Waals surface area contributed by atoms with Crippen LogP contribution in [0.5, 0.6) is 0 Å². The zero-order valence-electron chi connectivity index (χ0n) is 3.21. The fourth-order valence-corrected chi connectivity index (χ4v) is 0. The van der Waals surface area contributed by atoms with Crippen LogP contribution in [-0.2, 0) is 4.63 Å². The van der Waals surface area contributed by atoms with Crippen molar-refractivity contribution in [1.82, 2.24) is 0 Å². The Kier molecular flexibility index (Phi) is 5.96. The van der Waals surface area contributed by atoms with Crippen molar-refractivity contribution in [2.45, 2.75) is 0 Å². The number of hydrogen-bond donors (Lipinski definition) is 3. The predicted octanol–water partition coefficient (Wildman–Crippen LogP) is -2.08. The molecule has 4 nitrogen and oxygen atoms in total. The van der Waals surface area contributed by atoms with Gasteiger partial charge in [0.05, 0.1) is 0 Å². The Morgan fingerprint density at radius 3 is 1.43 bits per heavy atom. The van der Waals surface area contributed by atoms with Crippen molar-refractivity contribution in [3.05, 3.63) is 0 Å². The molecule has 0 aromatic carbocycles. The predicted molar refractivity (Wildman–Crippen MR) is 20.4 cm³/mol. The van der Waals surface area contributed by atoms with E-state index in [0.717, 1.165) is 0 Å². The molecular weight excluding hydrogens is 315 g/mol. The first-order valence-corrected chi connectivity index (χ1v) is 2.78. The second-order valence-corrected chi connectivity index (χ2v) is 1.95. The molecule has 0 amide bonds. The average molecular weight is 318 g/mol. The monoisotopic (exact) mass is 319 g/mol. The molecule has 0 fully saturated rings. The smallest absolute Gasteiger partial charge is 0.366 e. The van der Waals surface area contributed by atoms with Crippen LogP contribution in [0.2, 0.25) is 0 Å². The SMILES string of the molecule is O[Si](O)(O)OF.[Tl]. The summed E-state index contributed by atoms with van der Waals surface area (Å²) >= 11 is 0. The van der Waals surface area contributed by atoms with Gasteiger partial charge in [-0.1, -0.05) is 4.53 Å². The maximum Gasteiger partial charge on any atom is 0.703 e. The van der Waals surface area contributed by atoms with E-state index < -0.39 is 9.05 Å². The Balaban J connectivity index is 0. The summed E-state index contributed by atoms with van der Waals surface area (Å²) in [5, 5.41) is 0. The van der Waals surface area contributed by atoms with Gasteiger partial charge >= 0.3 is 9.05 Å². The van der Waals surface area contributed by atoms with Gasteiger partial charge in [0.15, 0.2) is 0 Å².